The van der Waals surface area contributed by atoms with Crippen molar-refractivity contribution in [3.8, 4) is 0 Å². The number of anilines is 1. The first-order valence-electron chi connectivity index (χ1n) is 9.91. The minimum Gasteiger partial charge on any atom is -0.465 e. The van der Waals surface area contributed by atoms with Gasteiger partial charge >= 0.3 is 5.97 Å². The van der Waals surface area contributed by atoms with Crippen molar-refractivity contribution in [3.63, 3.8) is 0 Å². The molecular formula is C21H25ClN2O5S2. The predicted octanol–water partition coefficient (Wildman–Crippen LogP) is 4.31. The van der Waals surface area contributed by atoms with Crippen molar-refractivity contribution in [2.75, 3.05) is 18.4 Å². The molecule has 0 aliphatic carbocycles. The minimum absolute atomic E-state index is 0.0380. The smallest absolute Gasteiger partial charge is 0.340 e. The number of ether oxygens (including phenoxy) is 1. The van der Waals surface area contributed by atoms with Crippen LogP contribution < -0.4 is 4.72 Å². The summed E-state index contributed by atoms with van der Waals surface area (Å²) in [6.45, 7) is 4.86. The van der Waals surface area contributed by atoms with Crippen LogP contribution >= 0.6 is 22.9 Å². The fourth-order valence-electron chi connectivity index (χ4n) is 3.38. The summed E-state index contributed by atoms with van der Waals surface area (Å²) < 4.78 is 33.5. The van der Waals surface area contributed by atoms with Gasteiger partial charge in [0.05, 0.1) is 19.2 Å². The van der Waals surface area contributed by atoms with Crippen molar-refractivity contribution in [2.24, 2.45) is 5.92 Å². The second kappa shape index (κ2) is 9.58. The summed E-state index contributed by atoms with van der Waals surface area (Å²) in [4.78, 5) is 27.5. The van der Waals surface area contributed by atoms with Crippen molar-refractivity contribution >= 4 is 50.5 Å². The van der Waals surface area contributed by atoms with Gasteiger partial charge in [-0.3, -0.25) is 9.52 Å². The highest BCUT2D eigenvalue weighted by Crippen LogP contribution is 2.37. The lowest BCUT2D eigenvalue weighted by atomic mass is 10.0. The van der Waals surface area contributed by atoms with Crippen LogP contribution in [0.2, 0.25) is 5.02 Å². The molecule has 31 heavy (non-hydrogen) atoms. The van der Waals surface area contributed by atoms with E-state index in [-0.39, 0.29) is 22.2 Å². The van der Waals surface area contributed by atoms with E-state index in [0.717, 1.165) is 17.8 Å². The molecule has 3 rings (SSSR count). The molecule has 1 aromatic heterocycles. The Morgan fingerprint density at radius 2 is 1.94 bits per heavy atom. The molecule has 0 bridgehead atoms. The highest BCUT2D eigenvalue weighted by atomic mass is 35.5. The summed E-state index contributed by atoms with van der Waals surface area (Å²) >= 11 is 6.87. The number of carbonyl (C=O) groups excluding carboxylic acids is 2. The highest BCUT2D eigenvalue weighted by Gasteiger charge is 2.35. The van der Waals surface area contributed by atoms with Gasteiger partial charge in [-0.2, -0.15) is 0 Å². The quantitative estimate of drug-likeness (QED) is 0.591. The fourth-order valence-corrected chi connectivity index (χ4v) is 6.46. The van der Waals surface area contributed by atoms with E-state index in [1.807, 2.05) is 0 Å². The zero-order valence-electron chi connectivity index (χ0n) is 17.6. The van der Waals surface area contributed by atoms with Crippen molar-refractivity contribution in [3.05, 3.63) is 45.3 Å². The molecule has 2 heterocycles. The van der Waals surface area contributed by atoms with Gasteiger partial charge in [-0.25, -0.2) is 13.2 Å². The summed E-state index contributed by atoms with van der Waals surface area (Å²) in [6.07, 6.45) is 1.65. The summed E-state index contributed by atoms with van der Waals surface area (Å²) in [7, 11) is -2.82. The van der Waals surface area contributed by atoms with E-state index in [4.69, 9.17) is 16.3 Å². The summed E-state index contributed by atoms with van der Waals surface area (Å²) in [6, 6.07) is 6.22. The van der Waals surface area contributed by atoms with E-state index < -0.39 is 16.0 Å². The number of sulfonamides is 1. The summed E-state index contributed by atoms with van der Waals surface area (Å²) in [5.74, 6) is -0.239. The van der Waals surface area contributed by atoms with E-state index in [0.29, 0.717) is 46.5 Å². The van der Waals surface area contributed by atoms with Crippen LogP contribution in [0.1, 0.15) is 47.5 Å². The Morgan fingerprint density at radius 1 is 1.26 bits per heavy atom. The van der Waals surface area contributed by atoms with E-state index in [9.17, 15) is 18.0 Å². The van der Waals surface area contributed by atoms with Crippen LogP contribution in [0.4, 0.5) is 5.69 Å². The molecule has 0 radical (unpaired) electrons. The zero-order chi connectivity index (χ0) is 22.8. The highest BCUT2D eigenvalue weighted by molar-refractivity contribution is 7.94. The number of benzene rings is 1. The lowest BCUT2D eigenvalue weighted by Crippen LogP contribution is -2.35. The second-order valence-electron chi connectivity index (χ2n) is 7.77. The van der Waals surface area contributed by atoms with Gasteiger partial charge in [0.2, 0.25) is 5.91 Å². The van der Waals surface area contributed by atoms with Gasteiger partial charge in [-0.05, 0) is 48.6 Å². The molecule has 0 atom stereocenters. The number of rotatable bonds is 7. The molecule has 1 amide bonds. The Balaban J connectivity index is 1.92. The van der Waals surface area contributed by atoms with E-state index in [2.05, 4.69) is 18.6 Å². The maximum Gasteiger partial charge on any atom is 0.340 e. The van der Waals surface area contributed by atoms with Crippen molar-refractivity contribution in [1.29, 1.82) is 0 Å². The first-order chi connectivity index (χ1) is 14.6. The Morgan fingerprint density at radius 3 is 2.55 bits per heavy atom. The second-order valence-corrected chi connectivity index (χ2v) is 11.2. The van der Waals surface area contributed by atoms with E-state index >= 15 is 0 Å². The van der Waals surface area contributed by atoms with E-state index in [1.165, 1.54) is 7.11 Å². The van der Waals surface area contributed by atoms with Crippen LogP contribution in [0.15, 0.2) is 28.5 Å². The van der Waals surface area contributed by atoms with Crippen LogP contribution in [0, 0.1) is 5.92 Å². The molecular weight excluding hydrogens is 460 g/mol. The molecule has 0 saturated heterocycles. The average Bonchev–Trinajstić information content (AvgIpc) is 3.12. The molecule has 10 heteroatoms. The van der Waals surface area contributed by atoms with E-state index in [1.54, 1.807) is 29.2 Å². The Labute approximate surface area is 191 Å². The maximum absolute atomic E-state index is 13.1. The number of amides is 1. The van der Waals surface area contributed by atoms with Crippen molar-refractivity contribution in [2.45, 2.75) is 43.9 Å². The summed E-state index contributed by atoms with van der Waals surface area (Å²) in [5, 5.41) is 0.479. The molecule has 0 fully saturated rings. The molecule has 1 aliphatic heterocycles. The molecule has 0 saturated carbocycles. The topological polar surface area (TPSA) is 92.8 Å². The normalized spacial score (nSPS) is 13.8. The molecule has 1 aliphatic rings. The first-order valence-corrected chi connectivity index (χ1v) is 12.6. The van der Waals surface area contributed by atoms with Gasteiger partial charge in [0.1, 0.15) is 0 Å². The average molecular weight is 485 g/mol. The lowest BCUT2D eigenvalue weighted by Gasteiger charge is -2.27. The standard InChI is InChI=1S/C21H25ClN2O5S2/c1-13(2)4-9-18(25)24-11-10-16-17(12-24)30-21(19(16)20(26)29-3)31(27,28)23-15-7-5-14(22)6-8-15/h5-8,13,23H,4,9-12H2,1-3H3. The lowest BCUT2D eigenvalue weighted by molar-refractivity contribution is -0.132. The number of carbonyl (C=O) groups is 2. The molecule has 0 unspecified atom stereocenters. The minimum atomic E-state index is -4.04. The van der Waals surface area contributed by atoms with Crippen LogP contribution in [-0.2, 0) is 32.5 Å². The Hall–Kier alpha value is -2.10. The SMILES string of the molecule is COC(=O)c1c(S(=O)(=O)Nc2ccc(Cl)cc2)sc2c1CCN(C(=O)CCC(C)C)C2. The van der Waals surface area contributed by atoms with Gasteiger partial charge < -0.3 is 9.64 Å². The van der Waals surface area contributed by atoms with Crippen LogP contribution in [0.5, 0.6) is 0 Å². The fraction of sp³-hybridized carbons (Fsp3) is 0.429. The van der Waals surface area contributed by atoms with Crippen LogP contribution in [0.25, 0.3) is 0 Å². The number of fused-ring (bicyclic) bond motifs is 1. The van der Waals surface area contributed by atoms with Gasteiger partial charge in [-0.15, -0.1) is 11.3 Å². The first kappa shape index (κ1) is 23.6. The molecule has 1 aromatic carbocycles. The zero-order valence-corrected chi connectivity index (χ0v) is 20.0. The third-order valence-electron chi connectivity index (χ3n) is 5.04. The number of nitrogens with zero attached hydrogens (tertiary/aromatic N) is 1. The number of esters is 1. The van der Waals surface area contributed by atoms with Gasteiger partial charge in [0.25, 0.3) is 10.0 Å². The Kier molecular flexibility index (Phi) is 7.28. The van der Waals surface area contributed by atoms with Crippen LogP contribution in [0.3, 0.4) is 0 Å². The number of hydrogen-bond acceptors (Lipinski definition) is 6. The Bertz CT molecular complexity index is 1080. The molecule has 1 N–H and O–H groups in total. The number of methoxy groups -OCH3 is 1. The summed E-state index contributed by atoms with van der Waals surface area (Å²) in [5.41, 5.74) is 1.02. The number of halogens is 1. The largest absolute Gasteiger partial charge is 0.465 e. The van der Waals surface area contributed by atoms with Crippen molar-refractivity contribution < 1.29 is 22.7 Å². The van der Waals surface area contributed by atoms with Gasteiger partial charge in [-0.1, -0.05) is 25.4 Å². The molecule has 2 aromatic rings. The molecule has 0 spiro atoms. The molecule has 168 valence electrons. The third-order valence-corrected chi connectivity index (χ3v) is 8.41. The number of nitrogens with one attached hydrogen (secondary N) is 1. The van der Waals surface area contributed by atoms with Crippen LogP contribution in [-0.4, -0.2) is 38.8 Å². The van der Waals surface area contributed by atoms with Gasteiger partial charge in [0.15, 0.2) is 4.21 Å². The maximum atomic E-state index is 13.1. The monoisotopic (exact) mass is 484 g/mol. The number of hydrogen-bond donors (Lipinski definition) is 1. The number of thiophene rings is 1. The van der Waals surface area contributed by atoms with Crippen molar-refractivity contribution in [1.82, 2.24) is 4.90 Å². The third kappa shape index (κ3) is 5.39. The molecule has 7 nitrogen and oxygen atoms in total. The van der Waals surface area contributed by atoms with Gasteiger partial charge in [0, 0.05) is 28.6 Å². The predicted molar refractivity (Wildman–Crippen MR) is 121 cm³/mol.